The number of carboxylic acid groups (broad SMARTS) is 1. The van der Waals surface area contributed by atoms with Crippen LogP contribution < -0.4 is 10.6 Å². The molecule has 1 aromatic carbocycles. The van der Waals surface area contributed by atoms with Gasteiger partial charge >= 0.3 is 11.9 Å². The molecule has 1 aliphatic rings. The summed E-state index contributed by atoms with van der Waals surface area (Å²) in [5, 5.41) is 8.66. The van der Waals surface area contributed by atoms with Gasteiger partial charge in [0.25, 0.3) is 0 Å². The van der Waals surface area contributed by atoms with Gasteiger partial charge in [0.1, 0.15) is 0 Å². The van der Waals surface area contributed by atoms with Crippen LogP contribution in [0.5, 0.6) is 0 Å². The highest BCUT2D eigenvalue weighted by molar-refractivity contribution is 6.43. The maximum Gasteiger partial charge on any atom is 0.395 e. The van der Waals surface area contributed by atoms with E-state index < -0.39 is 17.8 Å². The minimum absolute atomic E-state index is 0.107. The molecule has 88 valence electrons. The predicted octanol–water partition coefficient (Wildman–Crippen LogP) is 0.159. The summed E-state index contributed by atoms with van der Waals surface area (Å²) in [5.74, 6) is -3.39. The number of nitrogens with zero attached hydrogens (tertiary/aromatic N) is 1. The van der Waals surface area contributed by atoms with E-state index in [0.717, 1.165) is 0 Å². The van der Waals surface area contributed by atoms with Gasteiger partial charge in [-0.15, -0.1) is 0 Å². The van der Waals surface area contributed by atoms with Crippen LogP contribution in [0.25, 0.3) is 0 Å². The summed E-state index contributed by atoms with van der Waals surface area (Å²) in [7, 11) is 0. The summed E-state index contributed by atoms with van der Waals surface area (Å²) in [6.07, 6.45) is 0.568. The number of imide groups is 1. The monoisotopic (exact) mass is 234 g/mol. The minimum Gasteiger partial charge on any atom is -0.474 e. The summed E-state index contributed by atoms with van der Waals surface area (Å²) in [6, 6.07) is 4.66. The summed E-state index contributed by atoms with van der Waals surface area (Å²) in [4.78, 5) is 34.4. The highest BCUT2D eigenvalue weighted by Crippen LogP contribution is 2.29. The molecule has 0 atom stereocenters. The van der Waals surface area contributed by atoms with E-state index in [1.165, 1.54) is 12.1 Å². The van der Waals surface area contributed by atoms with Crippen LogP contribution in [-0.4, -0.2) is 22.9 Å². The van der Waals surface area contributed by atoms with Crippen molar-refractivity contribution in [2.45, 2.75) is 12.8 Å². The highest BCUT2D eigenvalue weighted by Gasteiger charge is 2.33. The molecule has 2 amide bonds. The molecule has 0 saturated carbocycles. The first-order valence-electron chi connectivity index (χ1n) is 4.99. The lowest BCUT2D eigenvalue weighted by Gasteiger charge is -2.26. The Bertz CT molecular complexity index is 524. The number of hydrogen-bond acceptors (Lipinski definition) is 4. The first-order valence-corrected chi connectivity index (χ1v) is 4.99. The van der Waals surface area contributed by atoms with Crippen LogP contribution in [0.15, 0.2) is 18.2 Å². The normalized spacial score (nSPS) is 14.4. The molecule has 1 aliphatic heterocycles. The van der Waals surface area contributed by atoms with Gasteiger partial charge in [0.05, 0.1) is 5.69 Å². The second-order valence-corrected chi connectivity index (χ2v) is 3.73. The second kappa shape index (κ2) is 3.89. The topological polar surface area (TPSA) is 101 Å². The number of carbonyl (C=O) groups is 3. The molecule has 2 rings (SSSR count). The third kappa shape index (κ3) is 1.84. The third-order valence-corrected chi connectivity index (χ3v) is 2.59. The quantitative estimate of drug-likeness (QED) is 0.492. The van der Waals surface area contributed by atoms with E-state index in [1.54, 1.807) is 6.07 Å². The van der Waals surface area contributed by atoms with Crippen LogP contribution in [-0.2, 0) is 20.8 Å². The molecule has 0 spiro atoms. The van der Waals surface area contributed by atoms with Crippen molar-refractivity contribution in [3.63, 3.8) is 0 Å². The summed E-state index contributed by atoms with van der Waals surface area (Å²) in [6.45, 7) is 0. The Kier molecular flexibility index (Phi) is 2.55. The number of rotatable bonds is 0. The summed E-state index contributed by atoms with van der Waals surface area (Å²) < 4.78 is 0. The van der Waals surface area contributed by atoms with E-state index in [9.17, 15) is 14.4 Å². The number of aryl methyl sites for hydroxylation is 1. The lowest BCUT2D eigenvalue weighted by Crippen LogP contribution is -2.43. The van der Waals surface area contributed by atoms with Crippen molar-refractivity contribution in [3.05, 3.63) is 23.8 Å². The van der Waals surface area contributed by atoms with Crippen molar-refractivity contribution in [2.75, 3.05) is 10.6 Å². The standard InChI is InChI=1S/C11H10N2O4/c12-7-2-3-8-6(5-7)1-4-9(14)13(8)10(15)11(16)17/h2-3,5H,1,4,12H2,(H,16,17). The van der Waals surface area contributed by atoms with Crippen LogP contribution in [0.2, 0.25) is 0 Å². The molecule has 17 heavy (non-hydrogen) atoms. The Morgan fingerprint density at radius 3 is 2.65 bits per heavy atom. The second-order valence-electron chi connectivity index (χ2n) is 3.73. The Balaban J connectivity index is 2.51. The average molecular weight is 234 g/mol. The molecule has 6 heteroatoms. The molecule has 0 unspecified atom stereocenters. The number of aliphatic carboxylic acids is 1. The van der Waals surface area contributed by atoms with Crippen molar-refractivity contribution in [1.29, 1.82) is 0 Å². The zero-order valence-electron chi connectivity index (χ0n) is 8.84. The molecule has 0 radical (unpaired) electrons. The molecule has 6 nitrogen and oxygen atoms in total. The fourth-order valence-corrected chi connectivity index (χ4v) is 1.83. The van der Waals surface area contributed by atoms with Gasteiger partial charge in [0, 0.05) is 12.1 Å². The smallest absolute Gasteiger partial charge is 0.395 e. The highest BCUT2D eigenvalue weighted by atomic mass is 16.4. The Morgan fingerprint density at radius 2 is 2.00 bits per heavy atom. The molecule has 0 aromatic heterocycles. The van der Waals surface area contributed by atoms with Crippen molar-refractivity contribution < 1.29 is 19.5 Å². The van der Waals surface area contributed by atoms with Gasteiger partial charge in [0.15, 0.2) is 0 Å². The molecule has 0 fully saturated rings. The van der Waals surface area contributed by atoms with Crippen LogP contribution in [0, 0.1) is 0 Å². The number of fused-ring (bicyclic) bond motifs is 1. The maximum atomic E-state index is 11.6. The van der Waals surface area contributed by atoms with Gasteiger partial charge in [-0.3, -0.25) is 9.59 Å². The number of nitrogen functional groups attached to an aromatic ring is 1. The lowest BCUT2D eigenvalue weighted by atomic mass is 10.0. The van der Waals surface area contributed by atoms with Crippen molar-refractivity contribution in [2.24, 2.45) is 0 Å². The van der Waals surface area contributed by atoms with Crippen molar-refractivity contribution in [1.82, 2.24) is 0 Å². The lowest BCUT2D eigenvalue weighted by molar-refractivity contribution is -0.150. The predicted molar refractivity (Wildman–Crippen MR) is 59.3 cm³/mol. The number of hydrogen-bond donors (Lipinski definition) is 2. The maximum absolute atomic E-state index is 11.6. The average Bonchev–Trinajstić information content (AvgIpc) is 2.28. The number of nitrogens with two attached hydrogens (primary N) is 1. The third-order valence-electron chi connectivity index (χ3n) is 2.59. The van der Waals surface area contributed by atoms with E-state index in [4.69, 9.17) is 10.8 Å². The number of carbonyl (C=O) groups excluding carboxylic acids is 2. The molecule has 1 aromatic rings. The Hall–Kier alpha value is -2.37. The molecule has 0 bridgehead atoms. The molecule has 0 saturated heterocycles. The van der Waals surface area contributed by atoms with E-state index in [0.29, 0.717) is 28.3 Å². The fraction of sp³-hybridized carbons (Fsp3) is 0.182. The van der Waals surface area contributed by atoms with Crippen molar-refractivity contribution in [3.8, 4) is 0 Å². The SMILES string of the molecule is Nc1ccc2c(c1)CCC(=O)N2C(=O)C(=O)O. The van der Waals surface area contributed by atoms with Crippen molar-refractivity contribution >= 4 is 29.2 Å². The van der Waals surface area contributed by atoms with E-state index in [1.807, 2.05) is 0 Å². The number of carboxylic acids is 1. The van der Waals surface area contributed by atoms with Crippen LogP contribution in [0.1, 0.15) is 12.0 Å². The van der Waals surface area contributed by atoms with Gasteiger partial charge in [-0.2, -0.15) is 0 Å². The molecular weight excluding hydrogens is 224 g/mol. The Morgan fingerprint density at radius 1 is 1.29 bits per heavy atom. The zero-order chi connectivity index (χ0) is 12.6. The van der Waals surface area contributed by atoms with Gasteiger partial charge < -0.3 is 10.8 Å². The van der Waals surface area contributed by atoms with E-state index in [2.05, 4.69) is 0 Å². The summed E-state index contributed by atoms with van der Waals surface area (Å²) >= 11 is 0. The molecule has 0 aliphatic carbocycles. The number of benzene rings is 1. The fourth-order valence-electron chi connectivity index (χ4n) is 1.83. The number of anilines is 2. The van der Waals surface area contributed by atoms with Gasteiger partial charge in [-0.1, -0.05) is 0 Å². The van der Waals surface area contributed by atoms with Gasteiger partial charge in [-0.05, 0) is 30.2 Å². The van der Waals surface area contributed by atoms with Crippen LogP contribution in [0.3, 0.4) is 0 Å². The molecule has 1 heterocycles. The van der Waals surface area contributed by atoms with Crippen LogP contribution in [0.4, 0.5) is 11.4 Å². The first kappa shape index (κ1) is 11.1. The first-order chi connectivity index (χ1) is 8.00. The van der Waals surface area contributed by atoms with Crippen LogP contribution >= 0.6 is 0 Å². The summed E-state index contributed by atoms with van der Waals surface area (Å²) in [5.41, 5.74) is 7.12. The largest absolute Gasteiger partial charge is 0.474 e. The zero-order valence-corrected chi connectivity index (χ0v) is 8.84. The molecule has 3 N–H and O–H groups in total. The molecular formula is C11H10N2O4. The number of amides is 2. The van der Waals surface area contributed by atoms with E-state index >= 15 is 0 Å². The van der Waals surface area contributed by atoms with E-state index in [-0.39, 0.29) is 6.42 Å². The van der Waals surface area contributed by atoms with Gasteiger partial charge in [0.2, 0.25) is 5.91 Å². The minimum atomic E-state index is -1.65. The van der Waals surface area contributed by atoms with Gasteiger partial charge in [-0.25, -0.2) is 9.69 Å². The Labute approximate surface area is 96.6 Å².